The molecule has 0 bridgehead atoms. The summed E-state index contributed by atoms with van der Waals surface area (Å²) in [4.78, 5) is 18.1. The lowest BCUT2D eigenvalue weighted by Gasteiger charge is -2.37. The van der Waals surface area contributed by atoms with E-state index in [-0.39, 0.29) is 11.8 Å². The summed E-state index contributed by atoms with van der Waals surface area (Å²) in [7, 11) is 2.19. The minimum Gasteiger partial charge on any atom is -0.369 e. The fourth-order valence-corrected chi connectivity index (χ4v) is 5.30. The molecule has 1 fully saturated rings. The second kappa shape index (κ2) is 10.8. The molecular formula is C29H35N3O. The zero-order valence-electron chi connectivity index (χ0n) is 19.6. The topological polar surface area (TPSA) is 49.6 Å². The number of amides is 1. The van der Waals surface area contributed by atoms with E-state index in [1.807, 2.05) is 36.4 Å². The number of primary amides is 1. The third-order valence-electron chi connectivity index (χ3n) is 7.15. The highest BCUT2D eigenvalue weighted by molar-refractivity contribution is 5.91. The van der Waals surface area contributed by atoms with E-state index in [9.17, 15) is 4.79 Å². The van der Waals surface area contributed by atoms with Crippen LogP contribution in [0.5, 0.6) is 0 Å². The number of carbonyl (C=O) groups is 1. The zero-order chi connectivity index (χ0) is 23.1. The number of hydrogen-bond acceptors (Lipinski definition) is 3. The van der Waals surface area contributed by atoms with Crippen molar-refractivity contribution in [2.24, 2.45) is 11.7 Å². The van der Waals surface area contributed by atoms with Crippen LogP contribution >= 0.6 is 0 Å². The molecule has 1 heterocycles. The largest absolute Gasteiger partial charge is 0.369 e. The van der Waals surface area contributed by atoms with Gasteiger partial charge in [0.25, 0.3) is 0 Å². The molecule has 172 valence electrons. The lowest BCUT2D eigenvalue weighted by molar-refractivity contribution is -0.123. The van der Waals surface area contributed by atoms with Crippen molar-refractivity contribution in [1.82, 2.24) is 9.80 Å². The third-order valence-corrected chi connectivity index (χ3v) is 7.15. The van der Waals surface area contributed by atoms with Gasteiger partial charge in [0.1, 0.15) is 5.41 Å². The Labute approximate surface area is 198 Å². The summed E-state index contributed by atoms with van der Waals surface area (Å²) in [5, 5.41) is 0. The second-order valence-electron chi connectivity index (χ2n) is 9.23. The van der Waals surface area contributed by atoms with Gasteiger partial charge in [0, 0.05) is 26.2 Å². The Kier molecular flexibility index (Phi) is 7.58. The van der Waals surface area contributed by atoms with E-state index < -0.39 is 5.41 Å². The van der Waals surface area contributed by atoms with E-state index in [1.54, 1.807) is 0 Å². The maximum absolute atomic E-state index is 13.2. The first kappa shape index (κ1) is 23.2. The summed E-state index contributed by atoms with van der Waals surface area (Å²) in [5.41, 5.74) is 8.77. The molecule has 2 N–H and O–H groups in total. The summed E-state index contributed by atoms with van der Waals surface area (Å²) in [6, 6.07) is 30.9. The molecule has 0 saturated carbocycles. The molecule has 0 unspecified atom stereocenters. The molecule has 1 atom stereocenters. The molecule has 4 rings (SSSR count). The van der Waals surface area contributed by atoms with Gasteiger partial charge in [0.05, 0.1) is 0 Å². The number of likely N-dealkylation sites (tertiary alicyclic amines) is 1. The molecule has 1 aliphatic heterocycles. The lowest BCUT2D eigenvalue weighted by Crippen LogP contribution is -2.49. The number of benzene rings is 3. The van der Waals surface area contributed by atoms with Crippen LogP contribution in [-0.4, -0.2) is 55.5 Å². The van der Waals surface area contributed by atoms with Crippen LogP contribution in [-0.2, 0) is 16.6 Å². The fraction of sp³-hybridized carbons (Fsp3) is 0.345. The molecule has 4 heteroatoms. The second-order valence-corrected chi connectivity index (χ2v) is 9.23. The SMILES string of the molecule is CN(CCc1ccccc1)CCN1CC[C@@H](C(C(N)=O)(c2ccccc2)c2ccccc2)C1. The highest BCUT2D eigenvalue weighted by Crippen LogP contribution is 2.43. The Hall–Kier alpha value is -2.95. The van der Waals surface area contributed by atoms with Crippen molar-refractivity contribution in [3.05, 3.63) is 108 Å². The standard InChI is InChI=1S/C29H35N3O/c1-31(19-17-24-11-5-2-6-12-24)21-22-32-20-18-27(23-32)29(28(30)33,25-13-7-3-8-14-25)26-15-9-4-10-16-26/h2-16,27H,17-23H2,1H3,(H2,30,33)/t27-/m1/s1. The molecule has 1 amide bonds. The molecule has 4 nitrogen and oxygen atoms in total. The van der Waals surface area contributed by atoms with Gasteiger partial charge >= 0.3 is 0 Å². The Balaban J connectivity index is 1.45. The molecule has 33 heavy (non-hydrogen) atoms. The van der Waals surface area contributed by atoms with Gasteiger partial charge in [-0.1, -0.05) is 91.0 Å². The van der Waals surface area contributed by atoms with Crippen molar-refractivity contribution < 1.29 is 4.79 Å². The van der Waals surface area contributed by atoms with Crippen LogP contribution in [0.4, 0.5) is 0 Å². The first-order chi connectivity index (χ1) is 16.1. The van der Waals surface area contributed by atoms with Crippen molar-refractivity contribution >= 4 is 5.91 Å². The summed E-state index contributed by atoms with van der Waals surface area (Å²) in [6.45, 7) is 4.92. The molecule has 0 spiro atoms. The highest BCUT2D eigenvalue weighted by Gasteiger charge is 2.49. The number of nitrogens with two attached hydrogens (primary N) is 1. The Morgan fingerprint density at radius 1 is 0.909 bits per heavy atom. The normalized spacial score (nSPS) is 16.8. The summed E-state index contributed by atoms with van der Waals surface area (Å²) in [5.74, 6) is -0.110. The van der Waals surface area contributed by atoms with E-state index in [1.165, 1.54) is 5.56 Å². The molecule has 1 saturated heterocycles. The van der Waals surface area contributed by atoms with E-state index in [0.29, 0.717) is 0 Å². The Morgan fingerprint density at radius 2 is 1.45 bits per heavy atom. The van der Waals surface area contributed by atoms with Gasteiger partial charge < -0.3 is 15.5 Å². The number of carbonyl (C=O) groups excluding carboxylic acids is 1. The van der Waals surface area contributed by atoms with Crippen LogP contribution in [0.25, 0.3) is 0 Å². The third kappa shape index (κ3) is 5.18. The van der Waals surface area contributed by atoms with Gasteiger partial charge in [-0.25, -0.2) is 0 Å². The molecule has 0 aromatic heterocycles. The minimum atomic E-state index is -0.809. The number of hydrogen-bond donors (Lipinski definition) is 1. The van der Waals surface area contributed by atoms with E-state index >= 15 is 0 Å². The van der Waals surface area contributed by atoms with Crippen molar-refractivity contribution in [2.75, 3.05) is 39.8 Å². The van der Waals surface area contributed by atoms with Crippen LogP contribution < -0.4 is 5.73 Å². The highest BCUT2D eigenvalue weighted by atomic mass is 16.1. The quantitative estimate of drug-likeness (QED) is 0.518. The molecule has 1 aliphatic rings. The van der Waals surface area contributed by atoms with E-state index in [2.05, 4.69) is 71.4 Å². The summed E-state index contributed by atoms with van der Waals surface area (Å²) in [6.07, 6.45) is 2.02. The van der Waals surface area contributed by atoms with Crippen molar-refractivity contribution in [3.8, 4) is 0 Å². The first-order valence-corrected chi connectivity index (χ1v) is 12.0. The van der Waals surface area contributed by atoms with Crippen LogP contribution in [0.1, 0.15) is 23.1 Å². The molecule has 3 aromatic rings. The van der Waals surface area contributed by atoms with Gasteiger partial charge in [-0.05, 0) is 49.0 Å². The number of rotatable bonds is 10. The minimum absolute atomic E-state index is 0.148. The molecule has 0 radical (unpaired) electrons. The van der Waals surface area contributed by atoms with Crippen LogP contribution in [0.3, 0.4) is 0 Å². The van der Waals surface area contributed by atoms with Crippen molar-refractivity contribution in [1.29, 1.82) is 0 Å². The van der Waals surface area contributed by atoms with Gasteiger partial charge in [-0.15, -0.1) is 0 Å². The van der Waals surface area contributed by atoms with E-state index in [0.717, 1.165) is 56.7 Å². The predicted molar refractivity (Wildman–Crippen MR) is 135 cm³/mol. The van der Waals surface area contributed by atoms with Crippen molar-refractivity contribution in [3.63, 3.8) is 0 Å². The maximum atomic E-state index is 13.2. The van der Waals surface area contributed by atoms with Gasteiger partial charge in [-0.2, -0.15) is 0 Å². The number of nitrogens with zero attached hydrogens (tertiary/aromatic N) is 2. The van der Waals surface area contributed by atoms with Crippen LogP contribution in [0.2, 0.25) is 0 Å². The van der Waals surface area contributed by atoms with Crippen LogP contribution in [0, 0.1) is 5.92 Å². The average molecular weight is 442 g/mol. The van der Waals surface area contributed by atoms with Gasteiger partial charge in [-0.3, -0.25) is 4.79 Å². The van der Waals surface area contributed by atoms with E-state index in [4.69, 9.17) is 5.73 Å². The molecule has 0 aliphatic carbocycles. The van der Waals surface area contributed by atoms with Crippen molar-refractivity contribution in [2.45, 2.75) is 18.3 Å². The number of likely N-dealkylation sites (N-methyl/N-ethyl adjacent to an activating group) is 1. The first-order valence-electron chi connectivity index (χ1n) is 12.0. The van der Waals surface area contributed by atoms with Crippen LogP contribution in [0.15, 0.2) is 91.0 Å². The lowest BCUT2D eigenvalue weighted by atomic mass is 9.64. The van der Waals surface area contributed by atoms with Gasteiger partial charge in [0.15, 0.2) is 0 Å². The summed E-state index contributed by atoms with van der Waals surface area (Å²) >= 11 is 0. The smallest absolute Gasteiger partial charge is 0.232 e. The van der Waals surface area contributed by atoms with Gasteiger partial charge in [0.2, 0.25) is 5.91 Å². The Bertz CT molecular complexity index is 967. The average Bonchev–Trinajstić information content (AvgIpc) is 3.33. The Morgan fingerprint density at radius 3 is 2.00 bits per heavy atom. The molecular weight excluding hydrogens is 406 g/mol. The summed E-state index contributed by atoms with van der Waals surface area (Å²) < 4.78 is 0. The molecule has 3 aromatic carbocycles. The monoisotopic (exact) mass is 441 g/mol. The zero-order valence-corrected chi connectivity index (χ0v) is 19.6. The fourth-order valence-electron chi connectivity index (χ4n) is 5.30. The predicted octanol–water partition coefficient (Wildman–Crippen LogP) is 3.95. The maximum Gasteiger partial charge on any atom is 0.232 e.